The summed E-state index contributed by atoms with van der Waals surface area (Å²) in [6, 6.07) is 13.8. The first-order chi connectivity index (χ1) is 10.2. The van der Waals surface area contributed by atoms with E-state index in [1.54, 1.807) is 7.11 Å². The Balaban J connectivity index is 2.27. The summed E-state index contributed by atoms with van der Waals surface area (Å²) < 4.78 is 18.0. The van der Waals surface area contributed by atoms with Crippen molar-refractivity contribution in [1.29, 1.82) is 0 Å². The van der Waals surface area contributed by atoms with Gasteiger partial charge in [0.25, 0.3) is 0 Å². The first kappa shape index (κ1) is 15.7. The molecule has 2 aromatic rings. The number of methoxy groups -OCH3 is 1. The summed E-state index contributed by atoms with van der Waals surface area (Å²) in [4.78, 5) is 0.888. The lowest BCUT2D eigenvalue weighted by Gasteiger charge is -2.12. The molecule has 0 saturated heterocycles. The van der Waals surface area contributed by atoms with E-state index in [0.717, 1.165) is 33.9 Å². The van der Waals surface area contributed by atoms with E-state index in [1.807, 2.05) is 50.4 Å². The van der Waals surface area contributed by atoms with Crippen LogP contribution in [0.25, 0.3) is 0 Å². The van der Waals surface area contributed by atoms with Crippen molar-refractivity contribution < 1.29 is 8.95 Å². The number of benzene rings is 2. The third-order valence-corrected chi connectivity index (χ3v) is 4.87. The molecule has 0 aromatic heterocycles. The van der Waals surface area contributed by atoms with Crippen molar-refractivity contribution in [2.45, 2.75) is 24.1 Å². The number of nitrogens with one attached hydrogen (secondary N) is 1. The lowest BCUT2D eigenvalue weighted by atomic mass is 10.1. The molecule has 21 heavy (non-hydrogen) atoms. The van der Waals surface area contributed by atoms with Crippen LogP contribution in [0.2, 0.25) is 0 Å². The van der Waals surface area contributed by atoms with E-state index in [1.165, 1.54) is 0 Å². The van der Waals surface area contributed by atoms with Gasteiger partial charge in [-0.2, -0.15) is 0 Å². The van der Waals surface area contributed by atoms with E-state index in [9.17, 15) is 4.21 Å². The zero-order valence-corrected chi connectivity index (χ0v) is 13.5. The Morgan fingerprint density at radius 2 is 1.95 bits per heavy atom. The van der Waals surface area contributed by atoms with Crippen molar-refractivity contribution in [2.24, 2.45) is 0 Å². The molecule has 3 nitrogen and oxygen atoms in total. The minimum absolute atomic E-state index is 0.464. The quantitative estimate of drug-likeness (QED) is 0.891. The van der Waals surface area contributed by atoms with E-state index >= 15 is 0 Å². The highest BCUT2D eigenvalue weighted by atomic mass is 32.2. The molecule has 0 fully saturated rings. The Morgan fingerprint density at radius 3 is 2.62 bits per heavy atom. The average Bonchev–Trinajstić information content (AvgIpc) is 2.48. The molecule has 1 unspecified atom stereocenters. The third kappa shape index (κ3) is 3.93. The standard InChI is InChI=1S/C17H21NO2S/c1-13-6-4-5-7-17(13)21(19)12-15-10-14(11-18-2)8-9-16(15)20-3/h4-10,18H,11-12H2,1-3H3. The molecular formula is C17H21NO2S. The monoisotopic (exact) mass is 303 g/mol. The fourth-order valence-corrected chi connectivity index (χ4v) is 3.61. The molecule has 0 aliphatic heterocycles. The van der Waals surface area contributed by atoms with Gasteiger partial charge in [0.05, 0.1) is 23.7 Å². The highest BCUT2D eigenvalue weighted by Gasteiger charge is 2.12. The molecule has 1 N–H and O–H groups in total. The average molecular weight is 303 g/mol. The fourth-order valence-electron chi connectivity index (χ4n) is 2.29. The maximum absolute atomic E-state index is 12.6. The Morgan fingerprint density at radius 1 is 1.19 bits per heavy atom. The largest absolute Gasteiger partial charge is 0.496 e. The zero-order valence-electron chi connectivity index (χ0n) is 12.7. The second-order valence-electron chi connectivity index (χ2n) is 4.93. The first-order valence-corrected chi connectivity index (χ1v) is 8.22. The van der Waals surface area contributed by atoms with Crippen LogP contribution in [0.1, 0.15) is 16.7 Å². The molecule has 0 heterocycles. The molecule has 0 saturated carbocycles. The predicted molar refractivity (Wildman–Crippen MR) is 87.0 cm³/mol. The maximum Gasteiger partial charge on any atom is 0.123 e. The van der Waals surface area contributed by atoms with Crippen molar-refractivity contribution in [3.05, 3.63) is 59.2 Å². The Bertz CT molecular complexity index is 640. The number of rotatable bonds is 6. The summed E-state index contributed by atoms with van der Waals surface area (Å²) in [5, 5.41) is 3.13. The number of aryl methyl sites for hydroxylation is 1. The highest BCUT2D eigenvalue weighted by Crippen LogP contribution is 2.24. The maximum atomic E-state index is 12.6. The van der Waals surface area contributed by atoms with Crippen molar-refractivity contribution in [2.75, 3.05) is 14.2 Å². The van der Waals surface area contributed by atoms with Gasteiger partial charge in [0.2, 0.25) is 0 Å². The van der Waals surface area contributed by atoms with Crippen LogP contribution in [0, 0.1) is 6.92 Å². The Labute approximate surface area is 128 Å². The SMILES string of the molecule is CNCc1ccc(OC)c(CS(=O)c2ccccc2C)c1. The molecule has 0 aliphatic carbocycles. The summed E-state index contributed by atoms with van der Waals surface area (Å²) in [6.45, 7) is 2.77. The minimum Gasteiger partial charge on any atom is -0.496 e. The summed E-state index contributed by atoms with van der Waals surface area (Å²) in [5.74, 6) is 1.25. The molecule has 1 atom stereocenters. The van der Waals surface area contributed by atoms with Crippen molar-refractivity contribution in [3.8, 4) is 5.75 Å². The van der Waals surface area contributed by atoms with Crippen LogP contribution >= 0.6 is 0 Å². The van der Waals surface area contributed by atoms with Gasteiger partial charge < -0.3 is 10.1 Å². The molecular weight excluding hydrogens is 282 g/mol. The number of hydrogen-bond acceptors (Lipinski definition) is 3. The predicted octanol–water partition coefficient (Wildman–Crippen LogP) is 3.03. The second kappa shape index (κ2) is 7.38. The number of hydrogen-bond donors (Lipinski definition) is 1. The van der Waals surface area contributed by atoms with Crippen LogP contribution in [-0.2, 0) is 23.1 Å². The Kier molecular flexibility index (Phi) is 5.53. The van der Waals surface area contributed by atoms with Gasteiger partial charge in [0, 0.05) is 17.0 Å². The van der Waals surface area contributed by atoms with E-state index in [-0.39, 0.29) is 0 Å². The van der Waals surface area contributed by atoms with Gasteiger partial charge in [0.1, 0.15) is 5.75 Å². The van der Waals surface area contributed by atoms with Gasteiger partial charge in [-0.1, -0.05) is 24.3 Å². The number of ether oxygens (including phenoxy) is 1. The molecule has 0 radical (unpaired) electrons. The van der Waals surface area contributed by atoms with Gasteiger partial charge in [-0.05, 0) is 43.3 Å². The zero-order chi connectivity index (χ0) is 15.2. The van der Waals surface area contributed by atoms with Crippen LogP contribution in [0.15, 0.2) is 47.4 Å². The minimum atomic E-state index is -1.07. The van der Waals surface area contributed by atoms with E-state index < -0.39 is 10.8 Å². The molecule has 0 bridgehead atoms. The molecule has 0 amide bonds. The molecule has 0 aliphatic rings. The van der Waals surface area contributed by atoms with Crippen LogP contribution in [0.5, 0.6) is 5.75 Å². The van der Waals surface area contributed by atoms with Gasteiger partial charge in [0.15, 0.2) is 0 Å². The van der Waals surface area contributed by atoms with E-state index in [2.05, 4.69) is 11.4 Å². The van der Waals surface area contributed by atoms with Crippen molar-refractivity contribution in [3.63, 3.8) is 0 Å². The fraction of sp³-hybridized carbons (Fsp3) is 0.294. The third-order valence-electron chi connectivity index (χ3n) is 3.35. The first-order valence-electron chi connectivity index (χ1n) is 6.90. The lowest BCUT2D eigenvalue weighted by Crippen LogP contribution is -2.07. The molecule has 2 aromatic carbocycles. The molecule has 2 rings (SSSR count). The van der Waals surface area contributed by atoms with Crippen LogP contribution in [-0.4, -0.2) is 18.4 Å². The van der Waals surface area contributed by atoms with Gasteiger partial charge in [-0.15, -0.1) is 0 Å². The summed E-state index contributed by atoms with van der Waals surface area (Å²) >= 11 is 0. The van der Waals surface area contributed by atoms with Crippen LogP contribution in [0.3, 0.4) is 0 Å². The Hall–Kier alpha value is -1.65. The van der Waals surface area contributed by atoms with E-state index in [4.69, 9.17) is 4.74 Å². The van der Waals surface area contributed by atoms with Gasteiger partial charge in [-0.25, -0.2) is 0 Å². The summed E-state index contributed by atoms with van der Waals surface area (Å²) in [7, 11) is 2.49. The van der Waals surface area contributed by atoms with E-state index in [0.29, 0.717) is 5.75 Å². The smallest absolute Gasteiger partial charge is 0.123 e. The van der Waals surface area contributed by atoms with Crippen LogP contribution < -0.4 is 10.1 Å². The summed E-state index contributed by atoms with van der Waals surface area (Å²) in [6.07, 6.45) is 0. The van der Waals surface area contributed by atoms with Crippen molar-refractivity contribution >= 4 is 10.8 Å². The normalized spacial score (nSPS) is 12.1. The lowest BCUT2D eigenvalue weighted by molar-refractivity contribution is 0.411. The second-order valence-corrected chi connectivity index (χ2v) is 6.35. The highest BCUT2D eigenvalue weighted by molar-refractivity contribution is 7.84. The molecule has 4 heteroatoms. The molecule has 112 valence electrons. The summed E-state index contributed by atoms with van der Waals surface area (Å²) in [5.41, 5.74) is 3.20. The van der Waals surface area contributed by atoms with Gasteiger partial charge in [-0.3, -0.25) is 4.21 Å². The van der Waals surface area contributed by atoms with Gasteiger partial charge >= 0.3 is 0 Å². The van der Waals surface area contributed by atoms with Crippen molar-refractivity contribution in [1.82, 2.24) is 5.32 Å². The van der Waals surface area contributed by atoms with Crippen LogP contribution in [0.4, 0.5) is 0 Å². The molecule has 0 spiro atoms. The topological polar surface area (TPSA) is 38.3 Å².